The van der Waals surface area contributed by atoms with E-state index in [0.717, 1.165) is 5.56 Å². The van der Waals surface area contributed by atoms with E-state index in [1.165, 1.54) is 0 Å². The summed E-state index contributed by atoms with van der Waals surface area (Å²) in [7, 11) is 0. The summed E-state index contributed by atoms with van der Waals surface area (Å²) < 4.78 is 0. The number of amides is 1. The maximum absolute atomic E-state index is 10.6. The van der Waals surface area contributed by atoms with Crippen molar-refractivity contribution in [1.82, 2.24) is 5.32 Å². The molecule has 4 nitrogen and oxygen atoms in total. The fourth-order valence-corrected chi connectivity index (χ4v) is 0.854. The molecule has 1 rings (SSSR count). The van der Waals surface area contributed by atoms with Gasteiger partial charge in [0, 0.05) is 6.54 Å². The summed E-state index contributed by atoms with van der Waals surface area (Å²) in [5.74, 6) is -2.44. The van der Waals surface area contributed by atoms with Gasteiger partial charge in [0.1, 0.15) is 0 Å². The van der Waals surface area contributed by atoms with Crippen molar-refractivity contribution in [2.75, 3.05) is 0 Å². The second-order valence-electron chi connectivity index (χ2n) is 2.47. The van der Waals surface area contributed by atoms with Crippen LogP contribution in [0.15, 0.2) is 30.3 Å². The van der Waals surface area contributed by atoms with Crippen LogP contribution < -0.4 is 5.32 Å². The molecule has 0 aliphatic heterocycles. The summed E-state index contributed by atoms with van der Waals surface area (Å²) >= 11 is 0. The van der Waals surface area contributed by atoms with Crippen LogP contribution in [0.2, 0.25) is 0 Å². The summed E-state index contributed by atoms with van der Waals surface area (Å²) in [6.07, 6.45) is 0. The Morgan fingerprint density at radius 2 is 1.85 bits per heavy atom. The van der Waals surface area contributed by atoms with Crippen molar-refractivity contribution < 1.29 is 14.7 Å². The molecule has 0 aliphatic carbocycles. The number of hydrogen-bond acceptors (Lipinski definition) is 2. The lowest BCUT2D eigenvalue weighted by atomic mass is 10.2. The third-order valence-electron chi connectivity index (χ3n) is 1.49. The van der Waals surface area contributed by atoms with Gasteiger partial charge in [-0.1, -0.05) is 30.3 Å². The molecule has 0 spiro atoms. The number of carboxylic acid groups (broad SMARTS) is 1. The summed E-state index contributed by atoms with van der Waals surface area (Å²) in [5.41, 5.74) is 0.872. The van der Waals surface area contributed by atoms with Gasteiger partial charge in [0.15, 0.2) is 0 Å². The summed E-state index contributed by atoms with van der Waals surface area (Å²) in [6.45, 7) is 0.242. The predicted octanol–water partition coefficient (Wildman–Crippen LogP) is 0.387. The minimum atomic E-state index is -1.46. The Morgan fingerprint density at radius 3 is 2.38 bits per heavy atom. The summed E-state index contributed by atoms with van der Waals surface area (Å²) in [5, 5.41) is 10.5. The molecular formula is C9H9NO3. The van der Waals surface area contributed by atoms with E-state index in [4.69, 9.17) is 5.11 Å². The Morgan fingerprint density at radius 1 is 1.23 bits per heavy atom. The van der Waals surface area contributed by atoms with E-state index in [1.807, 2.05) is 30.3 Å². The number of rotatable bonds is 2. The lowest BCUT2D eigenvalue weighted by Gasteiger charge is -2.00. The highest BCUT2D eigenvalue weighted by Gasteiger charge is 2.08. The van der Waals surface area contributed by atoms with Gasteiger partial charge in [-0.15, -0.1) is 0 Å². The SMILES string of the molecule is O=C(O)C(=O)NCc1ccccc1. The number of carboxylic acids is 1. The molecule has 0 saturated carbocycles. The first kappa shape index (κ1) is 9.25. The van der Waals surface area contributed by atoms with Crippen LogP contribution in [0.3, 0.4) is 0 Å². The van der Waals surface area contributed by atoms with Gasteiger partial charge < -0.3 is 10.4 Å². The monoisotopic (exact) mass is 179 g/mol. The highest BCUT2D eigenvalue weighted by atomic mass is 16.4. The number of carbonyl (C=O) groups excluding carboxylic acids is 1. The smallest absolute Gasteiger partial charge is 0.394 e. The molecule has 0 unspecified atom stereocenters. The molecule has 0 bridgehead atoms. The van der Waals surface area contributed by atoms with Crippen molar-refractivity contribution in [3.63, 3.8) is 0 Å². The van der Waals surface area contributed by atoms with Crippen molar-refractivity contribution >= 4 is 11.9 Å². The summed E-state index contributed by atoms with van der Waals surface area (Å²) in [4.78, 5) is 20.7. The molecule has 0 fully saturated rings. The zero-order valence-corrected chi connectivity index (χ0v) is 6.86. The van der Waals surface area contributed by atoms with E-state index in [9.17, 15) is 9.59 Å². The Balaban J connectivity index is 2.44. The zero-order valence-electron chi connectivity index (χ0n) is 6.86. The van der Waals surface area contributed by atoms with Crippen LogP contribution in [0.1, 0.15) is 5.56 Å². The normalized spacial score (nSPS) is 9.23. The van der Waals surface area contributed by atoms with Gasteiger partial charge in [0.05, 0.1) is 0 Å². The molecule has 2 N–H and O–H groups in total. The fourth-order valence-electron chi connectivity index (χ4n) is 0.854. The highest BCUT2D eigenvalue weighted by molar-refractivity contribution is 6.31. The van der Waals surface area contributed by atoms with Crippen LogP contribution in [-0.4, -0.2) is 17.0 Å². The molecule has 1 amide bonds. The average molecular weight is 179 g/mol. The van der Waals surface area contributed by atoms with Crippen molar-refractivity contribution in [3.8, 4) is 0 Å². The van der Waals surface area contributed by atoms with Crippen molar-refractivity contribution in [2.45, 2.75) is 6.54 Å². The molecule has 0 aliphatic rings. The van der Waals surface area contributed by atoms with Crippen molar-refractivity contribution in [1.29, 1.82) is 0 Å². The second-order valence-corrected chi connectivity index (χ2v) is 2.47. The molecule has 0 saturated heterocycles. The fraction of sp³-hybridized carbons (Fsp3) is 0.111. The van der Waals surface area contributed by atoms with Gasteiger partial charge in [-0.3, -0.25) is 4.79 Å². The number of benzene rings is 1. The van der Waals surface area contributed by atoms with Gasteiger partial charge in [-0.25, -0.2) is 4.79 Å². The number of nitrogens with one attached hydrogen (secondary N) is 1. The van der Waals surface area contributed by atoms with Gasteiger partial charge in [-0.2, -0.15) is 0 Å². The number of carbonyl (C=O) groups is 2. The van der Waals surface area contributed by atoms with Crippen LogP contribution >= 0.6 is 0 Å². The van der Waals surface area contributed by atoms with E-state index in [2.05, 4.69) is 5.32 Å². The van der Waals surface area contributed by atoms with Crippen LogP contribution in [0.4, 0.5) is 0 Å². The minimum absolute atomic E-state index is 0.242. The van der Waals surface area contributed by atoms with Crippen LogP contribution in [0.5, 0.6) is 0 Å². The lowest BCUT2D eigenvalue weighted by molar-refractivity contribution is -0.150. The quantitative estimate of drug-likeness (QED) is 0.645. The second kappa shape index (κ2) is 4.25. The molecule has 0 radical (unpaired) electrons. The first-order valence-corrected chi connectivity index (χ1v) is 3.75. The predicted molar refractivity (Wildman–Crippen MR) is 45.9 cm³/mol. The van der Waals surface area contributed by atoms with E-state index in [-0.39, 0.29) is 6.54 Å². The highest BCUT2D eigenvalue weighted by Crippen LogP contribution is 1.96. The third-order valence-corrected chi connectivity index (χ3v) is 1.49. The molecule has 1 aromatic carbocycles. The zero-order chi connectivity index (χ0) is 9.68. The van der Waals surface area contributed by atoms with Gasteiger partial charge in [0.25, 0.3) is 0 Å². The van der Waals surface area contributed by atoms with E-state index in [0.29, 0.717) is 0 Å². The largest absolute Gasteiger partial charge is 0.474 e. The van der Waals surface area contributed by atoms with Crippen LogP contribution in [0, 0.1) is 0 Å². The first-order chi connectivity index (χ1) is 6.20. The molecule has 4 heteroatoms. The Labute approximate surface area is 75.2 Å². The lowest BCUT2D eigenvalue weighted by Crippen LogP contribution is -2.29. The van der Waals surface area contributed by atoms with Gasteiger partial charge in [-0.05, 0) is 5.56 Å². The van der Waals surface area contributed by atoms with E-state index in [1.54, 1.807) is 0 Å². The molecule has 68 valence electrons. The topological polar surface area (TPSA) is 66.4 Å². The number of hydrogen-bond donors (Lipinski definition) is 2. The molecule has 1 aromatic rings. The van der Waals surface area contributed by atoms with Crippen molar-refractivity contribution in [3.05, 3.63) is 35.9 Å². The number of aliphatic carboxylic acids is 1. The van der Waals surface area contributed by atoms with Crippen LogP contribution in [-0.2, 0) is 16.1 Å². The Bertz CT molecular complexity index is 308. The maximum Gasteiger partial charge on any atom is 0.394 e. The first-order valence-electron chi connectivity index (χ1n) is 3.75. The van der Waals surface area contributed by atoms with Crippen molar-refractivity contribution in [2.24, 2.45) is 0 Å². The standard InChI is InChI=1S/C9H9NO3/c11-8(9(12)13)10-6-7-4-2-1-3-5-7/h1-5H,6H2,(H,10,11)(H,12,13). The van der Waals surface area contributed by atoms with E-state index >= 15 is 0 Å². The molecule has 0 heterocycles. The molecule has 0 aromatic heterocycles. The van der Waals surface area contributed by atoms with E-state index < -0.39 is 11.9 Å². The van der Waals surface area contributed by atoms with Crippen LogP contribution in [0.25, 0.3) is 0 Å². The Hall–Kier alpha value is -1.84. The summed E-state index contributed by atoms with van der Waals surface area (Å²) in [6, 6.07) is 9.11. The third kappa shape index (κ3) is 2.94. The molecule has 0 atom stereocenters. The van der Waals surface area contributed by atoms with Gasteiger partial charge >= 0.3 is 11.9 Å². The average Bonchev–Trinajstić information content (AvgIpc) is 2.15. The minimum Gasteiger partial charge on any atom is -0.474 e. The molecular weight excluding hydrogens is 170 g/mol. The van der Waals surface area contributed by atoms with Gasteiger partial charge in [0.2, 0.25) is 0 Å². The Kier molecular flexibility index (Phi) is 3.03. The maximum atomic E-state index is 10.6. The molecule has 13 heavy (non-hydrogen) atoms.